The normalized spacial score (nSPS) is 11.8. The van der Waals surface area contributed by atoms with E-state index in [4.69, 9.17) is 4.42 Å². The number of aromatic nitrogens is 3. The third-order valence-corrected chi connectivity index (χ3v) is 4.26. The molecule has 0 spiro atoms. The summed E-state index contributed by atoms with van der Waals surface area (Å²) < 4.78 is 6.71. The Kier molecular flexibility index (Phi) is 4.71. The van der Waals surface area contributed by atoms with Gasteiger partial charge in [0.2, 0.25) is 5.91 Å². The lowest BCUT2D eigenvalue weighted by atomic mass is 9.92. The molecule has 3 rings (SSSR count). The molecular weight excluding hydrogens is 332 g/mol. The summed E-state index contributed by atoms with van der Waals surface area (Å²) in [7, 11) is 0. The number of hydrogen-bond acceptors (Lipinski definition) is 4. The molecule has 1 amide bonds. The minimum atomic E-state index is -0.443. The zero-order valence-electron chi connectivity index (χ0n) is 15.5. The fourth-order valence-corrected chi connectivity index (χ4v) is 2.72. The number of hydrogen-bond donors (Lipinski definition) is 2. The van der Waals surface area contributed by atoms with Gasteiger partial charge in [0.15, 0.2) is 5.58 Å². The first kappa shape index (κ1) is 18.0. The number of fused-ring (bicyclic) bond motifs is 1. The van der Waals surface area contributed by atoms with Crippen LogP contribution in [-0.2, 0) is 23.3 Å². The van der Waals surface area contributed by atoms with Gasteiger partial charge < -0.3 is 9.73 Å². The van der Waals surface area contributed by atoms with Crippen LogP contribution < -0.4 is 11.1 Å². The first-order valence-corrected chi connectivity index (χ1v) is 8.65. The van der Waals surface area contributed by atoms with Crippen molar-refractivity contribution in [3.8, 4) is 0 Å². The van der Waals surface area contributed by atoms with Crippen molar-refractivity contribution in [3.05, 3.63) is 51.8 Å². The first-order valence-electron chi connectivity index (χ1n) is 8.65. The minimum Gasteiger partial charge on any atom is -0.408 e. The van der Waals surface area contributed by atoms with Crippen LogP contribution in [0.4, 0.5) is 0 Å². The number of nitrogens with one attached hydrogen (secondary N) is 2. The number of oxazole rings is 1. The first-order chi connectivity index (χ1) is 12.2. The molecule has 0 bridgehead atoms. The average Bonchev–Trinajstić information content (AvgIpc) is 3.15. The zero-order chi connectivity index (χ0) is 18.9. The molecule has 0 atom stereocenters. The van der Waals surface area contributed by atoms with Gasteiger partial charge in [-0.2, -0.15) is 5.10 Å². The molecule has 0 aliphatic rings. The molecule has 2 heterocycles. The van der Waals surface area contributed by atoms with E-state index in [0.717, 1.165) is 17.0 Å². The Morgan fingerprint density at radius 2 is 2.08 bits per heavy atom. The number of nitrogens with zero attached hydrogens (tertiary/aromatic N) is 2. The second-order valence-electron chi connectivity index (χ2n) is 7.55. The lowest BCUT2D eigenvalue weighted by Gasteiger charge is -2.13. The van der Waals surface area contributed by atoms with Crippen LogP contribution in [0.2, 0.25) is 0 Å². The Balaban J connectivity index is 1.60. The molecule has 0 radical (unpaired) electrons. The highest BCUT2D eigenvalue weighted by Crippen LogP contribution is 2.20. The molecular formula is C19H24N4O3. The summed E-state index contributed by atoms with van der Waals surface area (Å²) in [6, 6.07) is 7.50. The van der Waals surface area contributed by atoms with Gasteiger partial charge in [-0.05, 0) is 30.7 Å². The Bertz CT molecular complexity index is 988. The van der Waals surface area contributed by atoms with Gasteiger partial charge in [0.1, 0.15) is 0 Å². The fourth-order valence-electron chi connectivity index (χ4n) is 2.72. The summed E-state index contributed by atoms with van der Waals surface area (Å²) >= 11 is 0. The number of aryl methyl sites for hydroxylation is 2. The van der Waals surface area contributed by atoms with E-state index in [2.05, 4.69) is 36.3 Å². The van der Waals surface area contributed by atoms with E-state index in [1.165, 1.54) is 4.57 Å². The second kappa shape index (κ2) is 6.82. The summed E-state index contributed by atoms with van der Waals surface area (Å²) in [5.74, 6) is -0.576. The lowest BCUT2D eigenvalue weighted by molar-refractivity contribution is -0.121. The van der Waals surface area contributed by atoms with E-state index < -0.39 is 5.76 Å². The molecule has 7 nitrogen and oxygen atoms in total. The van der Waals surface area contributed by atoms with E-state index in [1.54, 1.807) is 6.07 Å². The molecule has 0 saturated heterocycles. The summed E-state index contributed by atoms with van der Waals surface area (Å²) in [5.41, 5.74) is 4.04. The van der Waals surface area contributed by atoms with Crippen LogP contribution in [0.3, 0.4) is 0 Å². The fraction of sp³-hybridized carbons (Fsp3) is 0.421. The van der Waals surface area contributed by atoms with Gasteiger partial charge >= 0.3 is 5.76 Å². The highest BCUT2D eigenvalue weighted by Gasteiger charge is 2.17. The van der Waals surface area contributed by atoms with Crippen molar-refractivity contribution in [2.75, 3.05) is 0 Å². The zero-order valence-corrected chi connectivity index (χ0v) is 15.5. The highest BCUT2D eigenvalue weighted by atomic mass is 16.4. The van der Waals surface area contributed by atoms with E-state index in [0.29, 0.717) is 17.6 Å². The Morgan fingerprint density at radius 1 is 1.31 bits per heavy atom. The molecule has 138 valence electrons. The molecule has 0 aliphatic heterocycles. The van der Waals surface area contributed by atoms with Crippen LogP contribution >= 0.6 is 0 Å². The number of carbonyl (C=O) groups excluding carboxylic acids is 1. The molecule has 2 N–H and O–H groups in total. The van der Waals surface area contributed by atoms with Gasteiger partial charge in [0, 0.05) is 18.4 Å². The highest BCUT2D eigenvalue weighted by molar-refractivity contribution is 5.77. The number of benzene rings is 1. The molecule has 0 unspecified atom stereocenters. The van der Waals surface area contributed by atoms with E-state index in [9.17, 15) is 9.59 Å². The monoisotopic (exact) mass is 356 g/mol. The smallest absolute Gasteiger partial charge is 0.408 e. The Hall–Kier alpha value is -2.83. The van der Waals surface area contributed by atoms with Crippen molar-refractivity contribution in [2.24, 2.45) is 0 Å². The predicted molar refractivity (Wildman–Crippen MR) is 99.0 cm³/mol. The van der Waals surface area contributed by atoms with Crippen LogP contribution in [0.5, 0.6) is 0 Å². The maximum Gasteiger partial charge on any atom is 0.419 e. The SMILES string of the molecule is Cc1ccc2oc(=O)n(CCC(=O)NCc3cc(C(C)(C)C)n[nH]3)c2c1. The largest absolute Gasteiger partial charge is 0.419 e. The summed E-state index contributed by atoms with van der Waals surface area (Å²) in [6.07, 6.45) is 0.197. The van der Waals surface area contributed by atoms with Gasteiger partial charge in [0.25, 0.3) is 0 Å². The van der Waals surface area contributed by atoms with Crippen molar-refractivity contribution < 1.29 is 9.21 Å². The third-order valence-electron chi connectivity index (χ3n) is 4.26. The van der Waals surface area contributed by atoms with Crippen molar-refractivity contribution in [1.82, 2.24) is 20.1 Å². The molecule has 2 aromatic heterocycles. The summed E-state index contributed by atoms with van der Waals surface area (Å²) in [5, 5.41) is 10.1. The molecule has 0 aliphatic carbocycles. The van der Waals surface area contributed by atoms with Gasteiger partial charge in [-0.15, -0.1) is 0 Å². The van der Waals surface area contributed by atoms with Crippen molar-refractivity contribution in [2.45, 2.75) is 52.6 Å². The van der Waals surface area contributed by atoms with Gasteiger partial charge in [-0.1, -0.05) is 26.8 Å². The van der Waals surface area contributed by atoms with Crippen LogP contribution in [-0.4, -0.2) is 20.7 Å². The minimum absolute atomic E-state index is 0.0413. The maximum atomic E-state index is 12.1. The third kappa shape index (κ3) is 3.87. The molecule has 0 saturated carbocycles. The van der Waals surface area contributed by atoms with Gasteiger partial charge in [-0.3, -0.25) is 14.5 Å². The van der Waals surface area contributed by atoms with Crippen molar-refractivity contribution >= 4 is 17.0 Å². The standard InChI is InChI=1S/C19H24N4O3/c1-12-5-6-15-14(9-12)23(18(25)26-15)8-7-17(24)20-11-13-10-16(22-21-13)19(2,3)4/h5-6,9-10H,7-8,11H2,1-4H3,(H,20,24)(H,21,22). The second-order valence-corrected chi connectivity index (χ2v) is 7.55. The Morgan fingerprint density at radius 3 is 2.77 bits per heavy atom. The Labute approximate surface area is 151 Å². The molecule has 0 fully saturated rings. The lowest BCUT2D eigenvalue weighted by Crippen LogP contribution is -2.26. The van der Waals surface area contributed by atoms with Gasteiger partial charge in [-0.25, -0.2) is 4.79 Å². The number of amides is 1. The summed E-state index contributed by atoms with van der Waals surface area (Å²) in [6.45, 7) is 8.85. The molecule has 3 aromatic rings. The van der Waals surface area contributed by atoms with E-state index in [-0.39, 0.29) is 24.3 Å². The van der Waals surface area contributed by atoms with Crippen LogP contribution in [0.1, 0.15) is 44.1 Å². The van der Waals surface area contributed by atoms with Gasteiger partial charge in [0.05, 0.1) is 23.4 Å². The average molecular weight is 356 g/mol. The van der Waals surface area contributed by atoms with E-state index in [1.807, 2.05) is 25.1 Å². The van der Waals surface area contributed by atoms with Crippen LogP contribution in [0, 0.1) is 6.92 Å². The number of H-pyrrole nitrogens is 1. The quantitative estimate of drug-likeness (QED) is 0.735. The van der Waals surface area contributed by atoms with Crippen LogP contribution in [0.15, 0.2) is 33.5 Å². The number of rotatable bonds is 5. The molecule has 1 aromatic carbocycles. The number of carbonyl (C=O) groups is 1. The maximum absolute atomic E-state index is 12.1. The topological polar surface area (TPSA) is 92.9 Å². The van der Waals surface area contributed by atoms with Crippen LogP contribution in [0.25, 0.3) is 11.1 Å². The number of aromatic amines is 1. The predicted octanol–water partition coefficient (Wildman–Crippen LogP) is 2.63. The summed E-state index contributed by atoms with van der Waals surface area (Å²) in [4.78, 5) is 24.1. The van der Waals surface area contributed by atoms with Crippen molar-refractivity contribution in [3.63, 3.8) is 0 Å². The van der Waals surface area contributed by atoms with E-state index >= 15 is 0 Å². The molecule has 26 heavy (non-hydrogen) atoms. The molecule has 7 heteroatoms. The van der Waals surface area contributed by atoms with Crippen molar-refractivity contribution in [1.29, 1.82) is 0 Å².